The van der Waals surface area contributed by atoms with Gasteiger partial charge in [-0.3, -0.25) is 4.57 Å². The number of hydrogen-bond acceptors (Lipinski definition) is 2. The second kappa shape index (κ2) is 5.46. The molecule has 1 aromatic carbocycles. The molecule has 0 spiro atoms. The van der Waals surface area contributed by atoms with Crippen molar-refractivity contribution in [3.63, 3.8) is 0 Å². The number of halogens is 3. The molecule has 7 heteroatoms. The van der Waals surface area contributed by atoms with E-state index in [4.69, 9.17) is 0 Å². The SMILES string of the molecule is CCN1CCC(Cn2c(=O)[nH]c3cc(C(F)(F)F)ccc32)C1. The van der Waals surface area contributed by atoms with E-state index in [0.29, 0.717) is 18.0 Å². The van der Waals surface area contributed by atoms with Crippen LogP contribution in [0.25, 0.3) is 11.0 Å². The highest BCUT2D eigenvalue weighted by atomic mass is 19.4. The van der Waals surface area contributed by atoms with Gasteiger partial charge in [0, 0.05) is 13.1 Å². The van der Waals surface area contributed by atoms with E-state index in [2.05, 4.69) is 16.8 Å². The van der Waals surface area contributed by atoms with Gasteiger partial charge in [-0.25, -0.2) is 4.79 Å². The van der Waals surface area contributed by atoms with Crippen LogP contribution in [0.5, 0.6) is 0 Å². The third-order valence-corrected chi connectivity index (χ3v) is 4.36. The van der Waals surface area contributed by atoms with Crippen LogP contribution in [-0.2, 0) is 12.7 Å². The summed E-state index contributed by atoms with van der Waals surface area (Å²) in [5.74, 6) is 0.360. The first-order valence-corrected chi connectivity index (χ1v) is 7.40. The number of aromatic nitrogens is 2. The van der Waals surface area contributed by atoms with Crippen molar-refractivity contribution in [2.24, 2.45) is 5.92 Å². The van der Waals surface area contributed by atoms with Gasteiger partial charge >= 0.3 is 11.9 Å². The molecule has 0 amide bonds. The van der Waals surface area contributed by atoms with Crippen molar-refractivity contribution in [1.29, 1.82) is 0 Å². The van der Waals surface area contributed by atoms with Crippen LogP contribution >= 0.6 is 0 Å². The number of fused-ring (bicyclic) bond motifs is 1. The number of H-pyrrole nitrogens is 1. The van der Waals surface area contributed by atoms with Crippen LogP contribution in [-0.4, -0.2) is 34.1 Å². The molecule has 1 unspecified atom stereocenters. The van der Waals surface area contributed by atoms with E-state index >= 15 is 0 Å². The minimum absolute atomic E-state index is 0.241. The summed E-state index contributed by atoms with van der Waals surface area (Å²) in [5, 5.41) is 0. The fourth-order valence-electron chi connectivity index (χ4n) is 3.13. The lowest BCUT2D eigenvalue weighted by molar-refractivity contribution is -0.137. The number of nitrogens with one attached hydrogen (secondary N) is 1. The summed E-state index contributed by atoms with van der Waals surface area (Å²) in [7, 11) is 0. The third kappa shape index (κ3) is 2.77. The molecule has 0 saturated carbocycles. The minimum atomic E-state index is -4.40. The lowest BCUT2D eigenvalue weighted by Gasteiger charge is -2.13. The lowest BCUT2D eigenvalue weighted by atomic mass is 10.1. The van der Waals surface area contributed by atoms with Gasteiger partial charge in [-0.2, -0.15) is 13.2 Å². The highest BCUT2D eigenvalue weighted by molar-refractivity contribution is 5.76. The van der Waals surface area contributed by atoms with Gasteiger partial charge in [-0.05, 0) is 43.6 Å². The monoisotopic (exact) mass is 313 g/mol. The molecule has 0 bridgehead atoms. The molecular formula is C15H18F3N3O. The summed E-state index contributed by atoms with van der Waals surface area (Å²) in [6.45, 7) is 5.56. The van der Waals surface area contributed by atoms with Gasteiger partial charge in [0.05, 0.1) is 16.6 Å². The van der Waals surface area contributed by atoms with Gasteiger partial charge in [0.2, 0.25) is 0 Å². The molecule has 0 radical (unpaired) electrons. The van der Waals surface area contributed by atoms with E-state index in [1.165, 1.54) is 6.07 Å². The zero-order valence-electron chi connectivity index (χ0n) is 12.3. The molecule has 1 aromatic heterocycles. The van der Waals surface area contributed by atoms with Crippen molar-refractivity contribution in [1.82, 2.24) is 14.5 Å². The van der Waals surface area contributed by atoms with Gasteiger partial charge in [0.1, 0.15) is 0 Å². The van der Waals surface area contributed by atoms with Crippen molar-refractivity contribution in [2.75, 3.05) is 19.6 Å². The van der Waals surface area contributed by atoms with Crippen LogP contribution in [0, 0.1) is 5.92 Å². The molecule has 3 rings (SSSR count). The predicted octanol–water partition coefficient (Wildman–Crippen LogP) is 2.69. The molecule has 1 aliphatic rings. The summed E-state index contributed by atoms with van der Waals surface area (Å²) in [4.78, 5) is 16.9. The smallest absolute Gasteiger partial charge is 0.306 e. The molecule has 4 nitrogen and oxygen atoms in total. The molecule has 2 heterocycles. The highest BCUT2D eigenvalue weighted by Gasteiger charge is 2.31. The van der Waals surface area contributed by atoms with Gasteiger partial charge < -0.3 is 9.88 Å². The van der Waals surface area contributed by atoms with Crippen molar-refractivity contribution >= 4 is 11.0 Å². The topological polar surface area (TPSA) is 41.0 Å². The second-order valence-electron chi connectivity index (χ2n) is 5.82. The number of likely N-dealkylation sites (tertiary alicyclic amines) is 1. The Balaban J connectivity index is 1.91. The molecular weight excluding hydrogens is 295 g/mol. The Kier molecular flexibility index (Phi) is 3.76. The largest absolute Gasteiger partial charge is 0.416 e. The molecule has 1 atom stereocenters. The van der Waals surface area contributed by atoms with Crippen molar-refractivity contribution in [2.45, 2.75) is 26.1 Å². The maximum absolute atomic E-state index is 12.7. The van der Waals surface area contributed by atoms with E-state index in [1.807, 2.05) is 0 Å². The predicted molar refractivity (Wildman–Crippen MR) is 77.8 cm³/mol. The van der Waals surface area contributed by atoms with Crippen LogP contribution in [0.3, 0.4) is 0 Å². The zero-order valence-corrected chi connectivity index (χ0v) is 12.3. The first kappa shape index (κ1) is 15.1. The third-order valence-electron chi connectivity index (χ3n) is 4.36. The summed E-state index contributed by atoms with van der Waals surface area (Å²) in [6.07, 6.45) is -3.39. The van der Waals surface area contributed by atoms with E-state index < -0.39 is 11.7 Å². The van der Waals surface area contributed by atoms with Crippen LogP contribution in [0.15, 0.2) is 23.0 Å². The van der Waals surface area contributed by atoms with Crippen LogP contribution in [0.4, 0.5) is 13.2 Å². The fourth-order valence-corrected chi connectivity index (χ4v) is 3.13. The Hall–Kier alpha value is -1.76. The normalized spacial score (nSPS) is 20.1. The number of aromatic amines is 1. The summed E-state index contributed by atoms with van der Waals surface area (Å²) in [5.41, 5.74) is -0.311. The van der Waals surface area contributed by atoms with Crippen LogP contribution in [0.2, 0.25) is 0 Å². The molecule has 2 aromatic rings. The van der Waals surface area contributed by atoms with E-state index in [-0.39, 0.29) is 11.2 Å². The quantitative estimate of drug-likeness (QED) is 0.946. The zero-order chi connectivity index (χ0) is 15.9. The number of benzene rings is 1. The Bertz CT molecular complexity index is 732. The fraction of sp³-hybridized carbons (Fsp3) is 0.533. The second-order valence-corrected chi connectivity index (χ2v) is 5.82. The number of nitrogens with zero attached hydrogens (tertiary/aromatic N) is 2. The summed E-state index contributed by atoms with van der Waals surface area (Å²) in [6, 6.07) is 3.40. The Morgan fingerprint density at radius 1 is 1.36 bits per heavy atom. The molecule has 120 valence electrons. The van der Waals surface area contributed by atoms with Crippen molar-refractivity contribution < 1.29 is 13.2 Å². The van der Waals surface area contributed by atoms with E-state index in [9.17, 15) is 18.0 Å². The summed E-state index contributed by atoms with van der Waals surface area (Å²) >= 11 is 0. The summed E-state index contributed by atoms with van der Waals surface area (Å²) < 4.78 is 39.7. The van der Waals surface area contributed by atoms with Gasteiger partial charge in [0.25, 0.3) is 0 Å². The van der Waals surface area contributed by atoms with E-state index in [0.717, 1.165) is 38.2 Å². The molecule has 1 fully saturated rings. The number of imidazole rings is 1. The highest BCUT2D eigenvalue weighted by Crippen LogP contribution is 2.31. The van der Waals surface area contributed by atoms with Crippen molar-refractivity contribution in [3.05, 3.63) is 34.2 Å². The maximum atomic E-state index is 12.7. The molecule has 1 aliphatic heterocycles. The molecule has 22 heavy (non-hydrogen) atoms. The number of alkyl halides is 3. The first-order chi connectivity index (χ1) is 10.4. The minimum Gasteiger partial charge on any atom is -0.306 e. The lowest BCUT2D eigenvalue weighted by Crippen LogP contribution is -2.25. The maximum Gasteiger partial charge on any atom is 0.416 e. The van der Waals surface area contributed by atoms with Crippen molar-refractivity contribution in [3.8, 4) is 0 Å². The van der Waals surface area contributed by atoms with Gasteiger partial charge in [-0.1, -0.05) is 6.92 Å². The van der Waals surface area contributed by atoms with E-state index in [1.54, 1.807) is 4.57 Å². The molecule has 1 N–H and O–H groups in total. The Morgan fingerprint density at radius 2 is 2.14 bits per heavy atom. The number of rotatable bonds is 3. The Morgan fingerprint density at radius 3 is 2.77 bits per heavy atom. The average Bonchev–Trinajstić information content (AvgIpc) is 3.03. The Labute approximate surface area is 125 Å². The molecule has 1 saturated heterocycles. The first-order valence-electron chi connectivity index (χ1n) is 7.40. The number of hydrogen-bond donors (Lipinski definition) is 1. The van der Waals surface area contributed by atoms with Gasteiger partial charge in [0.15, 0.2) is 0 Å². The molecule has 0 aliphatic carbocycles. The van der Waals surface area contributed by atoms with Crippen LogP contribution in [0.1, 0.15) is 18.9 Å². The van der Waals surface area contributed by atoms with Gasteiger partial charge in [-0.15, -0.1) is 0 Å². The standard InChI is InChI=1S/C15H18F3N3O/c1-2-20-6-5-10(8-20)9-21-13-4-3-11(15(16,17)18)7-12(13)19-14(21)22/h3-4,7,10H,2,5-6,8-9H2,1H3,(H,19,22). The van der Waals surface area contributed by atoms with Crippen LogP contribution < -0.4 is 5.69 Å². The average molecular weight is 313 g/mol.